The average molecular weight is 476 g/mol. The van der Waals surface area contributed by atoms with Crippen LogP contribution in [0.2, 0.25) is 0 Å². The minimum atomic E-state index is -2.71. The van der Waals surface area contributed by atoms with Crippen LogP contribution in [-0.2, 0) is 30.4 Å². The summed E-state index contributed by atoms with van der Waals surface area (Å²) in [5.41, 5.74) is -2.54. The van der Waals surface area contributed by atoms with Crippen LogP contribution in [0.4, 0.5) is 4.39 Å². The third-order valence-corrected chi connectivity index (χ3v) is 8.75. The lowest BCUT2D eigenvalue weighted by Gasteiger charge is -2.21. The molecule has 0 radical (unpaired) electrons. The van der Waals surface area contributed by atoms with Crippen molar-refractivity contribution in [3.05, 3.63) is 48.3 Å². The topological polar surface area (TPSA) is 92.5 Å². The SMILES string of the molecule is CCCOP(=S)(OCCC)SCC(=O)OC(C(=O)c1ccc(F)cc1)n1cncn1. The highest BCUT2D eigenvalue weighted by Crippen LogP contribution is 2.61. The molecule has 164 valence electrons. The number of ether oxygens (including phenoxy) is 1. The van der Waals surface area contributed by atoms with E-state index in [1.54, 1.807) is 0 Å². The highest BCUT2D eigenvalue weighted by Gasteiger charge is 2.29. The van der Waals surface area contributed by atoms with E-state index in [1.165, 1.54) is 24.8 Å². The van der Waals surface area contributed by atoms with Crippen molar-refractivity contribution in [2.75, 3.05) is 19.0 Å². The molecule has 8 nitrogen and oxygen atoms in total. The fraction of sp³-hybridized carbons (Fsp3) is 0.444. The molecule has 12 heteroatoms. The fourth-order valence-electron chi connectivity index (χ4n) is 2.13. The Morgan fingerprint density at radius 1 is 1.20 bits per heavy atom. The van der Waals surface area contributed by atoms with Crippen LogP contribution in [0.25, 0.3) is 0 Å². The van der Waals surface area contributed by atoms with Crippen LogP contribution in [0.15, 0.2) is 36.9 Å². The predicted octanol–water partition coefficient (Wildman–Crippen LogP) is 4.15. The molecule has 0 saturated carbocycles. The van der Waals surface area contributed by atoms with Gasteiger partial charge in [0.05, 0.1) is 13.2 Å². The van der Waals surface area contributed by atoms with E-state index in [4.69, 9.17) is 25.6 Å². The number of halogens is 1. The van der Waals surface area contributed by atoms with E-state index in [9.17, 15) is 14.0 Å². The number of hydrogen-bond acceptors (Lipinski definition) is 9. The largest absolute Gasteiger partial charge is 0.431 e. The van der Waals surface area contributed by atoms with Gasteiger partial charge in [0, 0.05) is 5.56 Å². The van der Waals surface area contributed by atoms with Crippen molar-refractivity contribution in [1.29, 1.82) is 0 Å². The van der Waals surface area contributed by atoms with Gasteiger partial charge in [-0.2, -0.15) is 5.10 Å². The van der Waals surface area contributed by atoms with E-state index in [-0.39, 0.29) is 11.3 Å². The van der Waals surface area contributed by atoms with Gasteiger partial charge in [-0.1, -0.05) is 25.2 Å². The Kier molecular flexibility index (Phi) is 10.1. The highest BCUT2D eigenvalue weighted by atomic mass is 32.9. The number of aromatic nitrogens is 3. The molecule has 1 atom stereocenters. The Labute approximate surface area is 183 Å². The number of benzene rings is 1. The molecule has 0 N–H and O–H groups in total. The Morgan fingerprint density at radius 3 is 2.37 bits per heavy atom. The van der Waals surface area contributed by atoms with Gasteiger partial charge in [-0.05, 0) is 48.9 Å². The van der Waals surface area contributed by atoms with E-state index in [2.05, 4.69) is 10.1 Å². The van der Waals surface area contributed by atoms with Gasteiger partial charge in [0.25, 0.3) is 6.23 Å². The van der Waals surface area contributed by atoms with Crippen molar-refractivity contribution in [3.8, 4) is 0 Å². The summed E-state index contributed by atoms with van der Waals surface area (Å²) in [4.78, 5) is 29.1. The monoisotopic (exact) mass is 475 g/mol. The van der Waals surface area contributed by atoms with Crippen LogP contribution in [0.1, 0.15) is 43.3 Å². The maximum atomic E-state index is 13.2. The van der Waals surface area contributed by atoms with Crippen molar-refractivity contribution < 1.29 is 27.8 Å². The molecule has 1 heterocycles. The molecule has 0 aliphatic carbocycles. The van der Waals surface area contributed by atoms with Crippen molar-refractivity contribution in [1.82, 2.24) is 14.8 Å². The summed E-state index contributed by atoms with van der Waals surface area (Å²) in [6, 6.07) is 4.91. The van der Waals surface area contributed by atoms with Gasteiger partial charge in [-0.15, -0.1) is 0 Å². The summed E-state index contributed by atoms with van der Waals surface area (Å²) in [7, 11) is 0. The molecular weight excluding hydrogens is 452 g/mol. The Balaban J connectivity index is 2.08. The van der Waals surface area contributed by atoms with Crippen molar-refractivity contribution in [2.24, 2.45) is 0 Å². The Morgan fingerprint density at radius 2 is 1.83 bits per heavy atom. The summed E-state index contributed by atoms with van der Waals surface area (Å²) in [5.74, 6) is -1.90. The number of esters is 1. The van der Waals surface area contributed by atoms with E-state index < -0.39 is 29.5 Å². The molecule has 1 unspecified atom stereocenters. The van der Waals surface area contributed by atoms with Gasteiger partial charge < -0.3 is 13.8 Å². The molecule has 1 aromatic heterocycles. The van der Waals surface area contributed by atoms with Gasteiger partial charge in [0.15, 0.2) is 0 Å². The van der Waals surface area contributed by atoms with Gasteiger partial charge in [0.1, 0.15) is 24.2 Å². The molecule has 0 fully saturated rings. The summed E-state index contributed by atoms with van der Waals surface area (Å²) in [5, 5.41) is 3.89. The zero-order valence-corrected chi connectivity index (χ0v) is 19.1. The molecule has 30 heavy (non-hydrogen) atoms. The van der Waals surface area contributed by atoms with E-state index in [0.717, 1.165) is 41.0 Å². The first-order chi connectivity index (χ1) is 14.4. The molecule has 0 amide bonds. The molecule has 2 aromatic rings. The number of nitrogens with zero attached hydrogens (tertiary/aromatic N) is 3. The maximum absolute atomic E-state index is 13.2. The van der Waals surface area contributed by atoms with Gasteiger partial charge >= 0.3 is 5.97 Å². The molecule has 0 aliphatic rings. The number of rotatable bonds is 13. The first-order valence-electron chi connectivity index (χ1n) is 9.25. The standard InChI is InChI=1S/C18H23FN3O5PS2/c1-3-9-25-28(29,26-10-4-2)30-11-16(23)27-18(22-13-20-12-21-22)17(24)14-5-7-15(19)8-6-14/h5-8,12-13,18H,3-4,9-11H2,1-2H3. The molecule has 0 aliphatic heterocycles. The Hall–Kier alpha value is -1.65. The highest BCUT2D eigenvalue weighted by molar-refractivity contribution is 8.68. The van der Waals surface area contributed by atoms with E-state index >= 15 is 0 Å². The van der Waals surface area contributed by atoms with Crippen LogP contribution < -0.4 is 0 Å². The van der Waals surface area contributed by atoms with Crippen molar-refractivity contribution >= 4 is 40.6 Å². The second-order valence-corrected chi connectivity index (χ2v) is 12.3. The fourth-order valence-corrected chi connectivity index (χ4v) is 6.11. The molecular formula is C18H23FN3O5PS2. The smallest absolute Gasteiger partial charge is 0.318 e. The predicted molar refractivity (Wildman–Crippen MR) is 115 cm³/mol. The number of Topliss-reactive ketones (excluding diaryl/α,β-unsaturated/α-hetero) is 1. The van der Waals surface area contributed by atoms with Crippen molar-refractivity contribution in [2.45, 2.75) is 32.9 Å². The van der Waals surface area contributed by atoms with Crippen LogP contribution in [0.3, 0.4) is 0 Å². The third-order valence-electron chi connectivity index (χ3n) is 3.52. The number of carbonyl (C=O) groups is 2. The van der Waals surface area contributed by atoms with Gasteiger partial charge in [0.2, 0.25) is 11.5 Å². The molecule has 2 rings (SSSR count). The van der Waals surface area contributed by atoms with Gasteiger partial charge in [-0.3, -0.25) is 9.59 Å². The molecule has 1 aromatic carbocycles. The summed E-state index contributed by atoms with van der Waals surface area (Å²) in [6.45, 7) is 4.74. The summed E-state index contributed by atoms with van der Waals surface area (Å²) >= 11 is 6.54. The lowest BCUT2D eigenvalue weighted by atomic mass is 10.1. The summed E-state index contributed by atoms with van der Waals surface area (Å²) < 4.78 is 31.0. The van der Waals surface area contributed by atoms with Crippen LogP contribution in [0, 0.1) is 5.82 Å². The minimum absolute atomic E-state index is 0.160. The van der Waals surface area contributed by atoms with Gasteiger partial charge in [-0.25, -0.2) is 14.1 Å². The quantitative estimate of drug-likeness (QED) is 0.241. The van der Waals surface area contributed by atoms with E-state index in [1.807, 2.05) is 13.8 Å². The first-order valence-corrected chi connectivity index (χ1v) is 13.5. The number of hydrogen-bond donors (Lipinski definition) is 0. The van der Waals surface area contributed by atoms with Crippen LogP contribution in [0.5, 0.6) is 0 Å². The van der Waals surface area contributed by atoms with Crippen LogP contribution in [-0.4, -0.2) is 45.5 Å². The maximum Gasteiger partial charge on any atom is 0.318 e. The minimum Gasteiger partial charge on any atom is -0.431 e. The first kappa shape index (κ1) is 24.6. The van der Waals surface area contributed by atoms with Crippen molar-refractivity contribution in [3.63, 3.8) is 0 Å². The molecule has 0 spiro atoms. The second kappa shape index (κ2) is 12.3. The molecule has 0 saturated heterocycles. The lowest BCUT2D eigenvalue weighted by Crippen LogP contribution is -2.27. The zero-order valence-electron chi connectivity index (χ0n) is 16.6. The number of carbonyl (C=O) groups excluding carboxylic acids is 2. The third kappa shape index (κ3) is 7.55. The average Bonchev–Trinajstić information content (AvgIpc) is 3.28. The normalized spacial score (nSPS) is 12.5. The molecule has 0 bridgehead atoms. The second-order valence-electron chi connectivity index (χ2n) is 5.98. The zero-order chi connectivity index (χ0) is 22.0. The van der Waals surface area contributed by atoms with Crippen LogP contribution >= 0.6 is 17.1 Å². The lowest BCUT2D eigenvalue weighted by molar-refractivity contribution is -0.148. The summed E-state index contributed by atoms with van der Waals surface area (Å²) in [6.07, 6.45) is 2.62. The Bertz CT molecular complexity index is 855. The van der Waals surface area contributed by atoms with E-state index in [0.29, 0.717) is 13.2 Å². The number of ketones is 1.